The lowest BCUT2D eigenvalue weighted by Gasteiger charge is -2.28. The van der Waals surface area contributed by atoms with Crippen molar-refractivity contribution in [3.8, 4) is 0 Å². The highest BCUT2D eigenvalue weighted by atomic mass is 16.5. The molecule has 0 aromatic rings. The van der Waals surface area contributed by atoms with Gasteiger partial charge in [0.25, 0.3) is 0 Å². The zero-order valence-corrected chi connectivity index (χ0v) is 10.8. The first-order valence-corrected chi connectivity index (χ1v) is 6.32. The zero-order chi connectivity index (χ0) is 12.0. The molecule has 1 saturated heterocycles. The van der Waals surface area contributed by atoms with Gasteiger partial charge in [0.15, 0.2) is 0 Å². The van der Waals surface area contributed by atoms with Crippen LogP contribution in [0.2, 0.25) is 0 Å². The quantitative estimate of drug-likeness (QED) is 0.704. The lowest BCUT2D eigenvalue weighted by Crippen LogP contribution is -2.39. The largest absolute Gasteiger partial charge is 0.377 e. The van der Waals surface area contributed by atoms with E-state index in [9.17, 15) is 0 Å². The minimum Gasteiger partial charge on any atom is -0.377 e. The van der Waals surface area contributed by atoms with Crippen molar-refractivity contribution in [1.29, 1.82) is 0 Å². The van der Waals surface area contributed by atoms with Gasteiger partial charge in [-0.1, -0.05) is 0 Å². The van der Waals surface area contributed by atoms with Crippen LogP contribution in [-0.4, -0.2) is 56.5 Å². The topological polar surface area (TPSA) is 47.7 Å². The van der Waals surface area contributed by atoms with Gasteiger partial charge in [-0.3, -0.25) is 0 Å². The van der Waals surface area contributed by atoms with Crippen molar-refractivity contribution in [2.24, 2.45) is 5.73 Å². The highest BCUT2D eigenvalue weighted by molar-refractivity contribution is 4.80. The second kappa shape index (κ2) is 7.22. The summed E-state index contributed by atoms with van der Waals surface area (Å²) in [5, 5.41) is 0. The molecule has 4 nitrogen and oxygen atoms in total. The van der Waals surface area contributed by atoms with Crippen molar-refractivity contribution in [3.63, 3.8) is 0 Å². The summed E-state index contributed by atoms with van der Waals surface area (Å²) in [4.78, 5) is 2.37. The van der Waals surface area contributed by atoms with Gasteiger partial charge in [-0.2, -0.15) is 0 Å². The number of nitrogens with two attached hydrogens (primary N) is 1. The molecule has 3 unspecified atom stereocenters. The molecule has 96 valence electrons. The number of rotatable bonds is 7. The molecule has 16 heavy (non-hydrogen) atoms. The van der Waals surface area contributed by atoms with Crippen LogP contribution >= 0.6 is 0 Å². The maximum Gasteiger partial charge on any atom is 0.0709 e. The highest BCUT2D eigenvalue weighted by Crippen LogP contribution is 2.18. The Morgan fingerprint density at radius 1 is 1.56 bits per heavy atom. The predicted molar refractivity (Wildman–Crippen MR) is 65.5 cm³/mol. The van der Waals surface area contributed by atoms with Gasteiger partial charge in [0.1, 0.15) is 0 Å². The van der Waals surface area contributed by atoms with E-state index in [1.54, 1.807) is 0 Å². The van der Waals surface area contributed by atoms with Crippen LogP contribution in [0, 0.1) is 0 Å². The second-order valence-corrected chi connectivity index (χ2v) is 4.51. The Kier molecular flexibility index (Phi) is 6.28. The lowest BCUT2D eigenvalue weighted by molar-refractivity contribution is 0.0443. The highest BCUT2D eigenvalue weighted by Gasteiger charge is 2.27. The number of nitrogens with zero attached hydrogens (tertiary/aromatic N) is 1. The Bertz CT molecular complexity index is 190. The Morgan fingerprint density at radius 3 is 2.81 bits per heavy atom. The fourth-order valence-electron chi connectivity index (χ4n) is 2.32. The van der Waals surface area contributed by atoms with Crippen LogP contribution in [-0.2, 0) is 9.47 Å². The molecular formula is C12H26N2O2. The Morgan fingerprint density at radius 2 is 2.31 bits per heavy atom. The third-order valence-electron chi connectivity index (χ3n) is 3.37. The molecule has 0 amide bonds. The summed E-state index contributed by atoms with van der Waals surface area (Å²) in [6.07, 6.45) is 2.70. The maximum absolute atomic E-state index is 5.66. The van der Waals surface area contributed by atoms with Crippen LogP contribution in [0.4, 0.5) is 0 Å². The minimum atomic E-state index is 0.199. The van der Waals surface area contributed by atoms with Gasteiger partial charge < -0.3 is 20.1 Å². The van der Waals surface area contributed by atoms with Gasteiger partial charge in [-0.15, -0.1) is 0 Å². The first-order chi connectivity index (χ1) is 7.69. The molecule has 0 saturated carbocycles. The standard InChI is InChI=1S/C12H26N2O2/c1-4-15-11(9-13)5-7-14(3)12-6-8-16-10(12)2/h10-12H,4-9,13H2,1-3H3. The van der Waals surface area contributed by atoms with Crippen molar-refractivity contribution >= 4 is 0 Å². The predicted octanol–water partition coefficient (Wildman–Crippen LogP) is 0.850. The first-order valence-electron chi connectivity index (χ1n) is 6.32. The monoisotopic (exact) mass is 230 g/mol. The first kappa shape index (κ1) is 13.9. The van der Waals surface area contributed by atoms with Crippen molar-refractivity contribution in [2.45, 2.75) is 44.9 Å². The fraction of sp³-hybridized carbons (Fsp3) is 1.00. The van der Waals surface area contributed by atoms with Gasteiger partial charge in [0.05, 0.1) is 12.2 Å². The van der Waals surface area contributed by atoms with Gasteiger partial charge in [-0.25, -0.2) is 0 Å². The van der Waals surface area contributed by atoms with Crippen LogP contribution in [0.5, 0.6) is 0 Å². The lowest BCUT2D eigenvalue weighted by atomic mass is 10.1. The van der Waals surface area contributed by atoms with E-state index >= 15 is 0 Å². The summed E-state index contributed by atoms with van der Waals surface area (Å²) in [7, 11) is 2.16. The molecule has 0 aliphatic carbocycles. The minimum absolute atomic E-state index is 0.199. The van der Waals surface area contributed by atoms with Crippen LogP contribution in [0.3, 0.4) is 0 Å². The van der Waals surface area contributed by atoms with Crippen molar-refractivity contribution in [3.05, 3.63) is 0 Å². The summed E-state index contributed by atoms with van der Waals surface area (Å²) >= 11 is 0. The molecule has 0 spiro atoms. The summed E-state index contributed by atoms with van der Waals surface area (Å²) < 4.78 is 11.1. The summed E-state index contributed by atoms with van der Waals surface area (Å²) in [5.41, 5.74) is 5.66. The maximum atomic E-state index is 5.66. The van der Waals surface area contributed by atoms with E-state index < -0.39 is 0 Å². The normalized spacial score (nSPS) is 27.6. The van der Waals surface area contributed by atoms with Crippen LogP contribution < -0.4 is 5.73 Å². The SMILES string of the molecule is CCOC(CN)CCN(C)C1CCOC1C. The van der Waals surface area contributed by atoms with Gasteiger partial charge in [0.2, 0.25) is 0 Å². The molecule has 0 aromatic heterocycles. The zero-order valence-electron chi connectivity index (χ0n) is 10.8. The Hall–Kier alpha value is -0.160. The molecule has 0 bridgehead atoms. The van der Waals surface area contributed by atoms with Crippen molar-refractivity contribution in [1.82, 2.24) is 4.90 Å². The van der Waals surface area contributed by atoms with E-state index in [0.717, 1.165) is 32.6 Å². The van der Waals surface area contributed by atoms with E-state index in [1.165, 1.54) is 0 Å². The molecule has 1 rings (SSSR count). The number of ether oxygens (including phenoxy) is 2. The Labute approximate surface area is 99.1 Å². The van der Waals surface area contributed by atoms with Crippen molar-refractivity contribution < 1.29 is 9.47 Å². The van der Waals surface area contributed by atoms with E-state index in [0.29, 0.717) is 18.7 Å². The average Bonchev–Trinajstić information content (AvgIpc) is 2.70. The molecule has 1 aliphatic heterocycles. The van der Waals surface area contributed by atoms with Crippen molar-refractivity contribution in [2.75, 3.05) is 33.4 Å². The third kappa shape index (κ3) is 4.01. The third-order valence-corrected chi connectivity index (χ3v) is 3.37. The van der Waals surface area contributed by atoms with Crippen LogP contribution in [0.25, 0.3) is 0 Å². The number of likely N-dealkylation sites (N-methyl/N-ethyl adjacent to an activating group) is 1. The smallest absolute Gasteiger partial charge is 0.0709 e. The fourth-order valence-corrected chi connectivity index (χ4v) is 2.32. The average molecular weight is 230 g/mol. The number of hydrogen-bond donors (Lipinski definition) is 1. The second-order valence-electron chi connectivity index (χ2n) is 4.51. The van der Waals surface area contributed by atoms with Gasteiger partial charge in [0, 0.05) is 32.3 Å². The van der Waals surface area contributed by atoms with Gasteiger partial charge >= 0.3 is 0 Å². The van der Waals surface area contributed by atoms with E-state index in [1.807, 2.05) is 6.92 Å². The number of hydrogen-bond acceptors (Lipinski definition) is 4. The van der Waals surface area contributed by atoms with E-state index in [-0.39, 0.29) is 6.10 Å². The molecule has 1 fully saturated rings. The Balaban J connectivity index is 2.25. The van der Waals surface area contributed by atoms with Crippen LogP contribution in [0.1, 0.15) is 26.7 Å². The van der Waals surface area contributed by atoms with Crippen LogP contribution in [0.15, 0.2) is 0 Å². The molecule has 2 N–H and O–H groups in total. The molecule has 1 heterocycles. The molecular weight excluding hydrogens is 204 g/mol. The summed E-state index contributed by atoms with van der Waals surface area (Å²) in [6.45, 7) is 7.44. The van der Waals surface area contributed by atoms with E-state index in [4.69, 9.17) is 15.2 Å². The summed E-state index contributed by atoms with van der Waals surface area (Å²) in [5.74, 6) is 0. The molecule has 4 heteroatoms. The molecule has 0 radical (unpaired) electrons. The molecule has 0 aromatic carbocycles. The summed E-state index contributed by atoms with van der Waals surface area (Å²) in [6, 6.07) is 0.556. The van der Waals surface area contributed by atoms with E-state index in [2.05, 4.69) is 18.9 Å². The molecule has 3 atom stereocenters. The molecule has 1 aliphatic rings. The van der Waals surface area contributed by atoms with Gasteiger partial charge in [-0.05, 0) is 33.7 Å².